The molecule has 9 nitrogen and oxygen atoms in total. The number of piperidine rings is 1. The second kappa shape index (κ2) is 9.98. The molecular formula is C23H33F2N5O4S. The van der Waals surface area contributed by atoms with Crippen molar-refractivity contribution < 1.29 is 26.7 Å². The van der Waals surface area contributed by atoms with Gasteiger partial charge in [-0.25, -0.2) is 4.98 Å². The number of anilines is 1. The zero-order chi connectivity index (χ0) is 25.4. The molecule has 1 aromatic carbocycles. The number of halogens is 2. The highest BCUT2D eigenvalue weighted by molar-refractivity contribution is 7.90. The number of carbonyl (C=O) groups is 1. The molecule has 0 radical (unpaired) electrons. The van der Waals surface area contributed by atoms with Crippen molar-refractivity contribution in [3.8, 4) is 0 Å². The Morgan fingerprint density at radius 1 is 1.23 bits per heavy atom. The Balaban J connectivity index is 1.58. The van der Waals surface area contributed by atoms with Gasteiger partial charge in [-0.2, -0.15) is 21.5 Å². The Bertz CT molecular complexity index is 1170. The van der Waals surface area contributed by atoms with E-state index in [0.717, 1.165) is 24.1 Å². The van der Waals surface area contributed by atoms with E-state index in [0.29, 0.717) is 49.3 Å². The summed E-state index contributed by atoms with van der Waals surface area (Å²) in [4.78, 5) is 15.5. The van der Waals surface area contributed by atoms with E-state index < -0.39 is 16.1 Å². The maximum Gasteiger partial charge on any atom is 0.303 e. The minimum Gasteiger partial charge on any atom is -0.381 e. The Kier molecular flexibility index (Phi) is 7.35. The summed E-state index contributed by atoms with van der Waals surface area (Å²) in [5, 5.41) is 2.83. The molecule has 0 bridgehead atoms. The predicted octanol–water partition coefficient (Wildman–Crippen LogP) is 2.86. The number of benzene rings is 1. The Morgan fingerprint density at radius 3 is 2.49 bits per heavy atom. The van der Waals surface area contributed by atoms with Gasteiger partial charge in [-0.05, 0) is 49.8 Å². The maximum atomic E-state index is 14.5. The van der Waals surface area contributed by atoms with E-state index in [9.17, 15) is 22.0 Å². The fourth-order valence-corrected chi connectivity index (χ4v) is 6.24. The van der Waals surface area contributed by atoms with Gasteiger partial charge in [0.1, 0.15) is 0 Å². The van der Waals surface area contributed by atoms with E-state index in [1.165, 1.54) is 18.3 Å². The molecule has 0 atom stereocenters. The number of hydrogen-bond donors (Lipinski definition) is 1. The zero-order valence-corrected chi connectivity index (χ0v) is 21.2. The standard InChI is InChI=1S/C23H33F2N5O4S/c1-16(31)26-18-6-10-29(11-7-18)35(32,33)28(3)19-4-5-21-20(14-19)27-22(23(2,24)25)30(21)15-17-8-12-34-13-9-17/h4-5,14,17-18H,6-13,15H2,1-3H3,(H,26,31). The number of carbonyl (C=O) groups excluding carboxylic acids is 1. The second-order valence-electron chi connectivity index (χ2n) is 9.51. The molecule has 1 N–H and O–H groups in total. The zero-order valence-electron chi connectivity index (χ0n) is 20.3. The molecule has 194 valence electrons. The van der Waals surface area contributed by atoms with Gasteiger partial charge in [-0.15, -0.1) is 0 Å². The number of hydrogen-bond acceptors (Lipinski definition) is 5. The topological polar surface area (TPSA) is 96.8 Å². The Morgan fingerprint density at radius 2 is 1.89 bits per heavy atom. The van der Waals surface area contributed by atoms with E-state index in [1.54, 1.807) is 22.8 Å². The molecule has 0 spiro atoms. The van der Waals surface area contributed by atoms with Gasteiger partial charge in [0.25, 0.3) is 0 Å². The van der Waals surface area contributed by atoms with Crippen LogP contribution < -0.4 is 9.62 Å². The monoisotopic (exact) mass is 513 g/mol. The largest absolute Gasteiger partial charge is 0.381 e. The summed E-state index contributed by atoms with van der Waals surface area (Å²) in [6, 6.07) is 4.80. The van der Waals surface area contributed by atoms with Crippen LogP contribution in [0.5, 0.6) is 0 Å². The molecule has 4 rings (SSSR count). The van der Waals surface area contributed by atoms with Gasteiger partial charge >= 0.3 is 16.1 Å². The number of ether oxygens (including phenoxy) is 1. The van der Waals surface area contributed by atoms with Crippen LogP contribution >= 0.6 is 0 Å². The maximum absolute atomic E-state index is 14.5. The molecule has 2 aliphatic rings. The first kappa shape index (κ1) is 25.8. The third-order valence-corrected chi connectivity index (χ3v) is 8.72. The number of nitrogens with zero attached hydrogens (tertiary/aromatic N) is 4. The van der Waals surface area contributed by atoms with E-state index in [-0.39, 0.29) is 36.8 Å². The van der Waals surface area contributed by atoms with Crippen molar-refractivity contribution in [1.29, 1.82) is 0 Å². The molecular weight excluding hydrogens is 480 g/mol. The highest BCUT2D eigenvalue weighted by Crippen LogP contribution is 2.33. The Labute approximate surface area is 204 Å². The highest BCUT2D eigenvalue weighted by Gasteiger charge is 2.34. The van der Waals surface area contributed by atoms with Crippen molar-refractivity contribution in [3.05, 3.63) is 24.0 Å². The van der Waals surface area contributed by atoms with Crippen molar-refractivity contribution in [2.45, 2.75) is 58.0 Å². The van der Waals surface area contributed by atoms with E-state index >= 15 is 0 Å². The van der Waals surface area contributed by atoms with E-state index in [4.69, 9.17) is 4.74 Å². The lowest BCUT2D eigenvalue weighted by Gasteiger charge is -2.34. The van der Waals surface area contributed by atoms with Gasteiger partial charge in [0, 0.05) is 59.8 Å². The SMILES string of the molecule is CC(=O)NC1CCN(S(=O)(=O)N(C)c2ccc3c(c2)nc(C(C)(F)F)n3CC2CCOCC2)CC1. The van der Waals surface area contributed by atoms with Crippen LogP contribution in [0.4, 0.5) is 14.5 Å². The number of aromatic nitrogens is 2. The summed E-state index contributed by atoms with van der Waals surface area (Å²) in [5.41, 5.74) is 1.24. The van der Waals surface area contributed by atoms with Crippen molar-refractivity contribution in [2.24, 2.45) is 5.92 Å². The van der Waals surface area contributed by atoms with Crippen molar-refractivity contribution in [2.75, 3.05) is 37.7 Å². The van der Waals surface area contributed by atoms with Crippen LogP contribution in [0.2, 0.25) is 0 Å². The number of amides is 1. The van der Waals surface area contributed by atoms with E-state index in [1.807, 2.05) is 0 Å². The third-order valence-electron chi connectivity index (χ3n) is 6.80. The van der Waals surface area contributed by atoms with Crippen molar-refractivity contribution in [1.82, 2.24) is 19.2 Å². The summed E-state index contributed by atoms with van der Waals surface area (Å²) >= 11 is 0. The van der Waals surface area contributed by atoms with Gasteiger partial charge < -0.3 is 14.6 Å². The number of nitrogens with one attached hydrogen (secondary N) is 1. The molecule has 12 heteroatoms. The van der Waals surface area contributed by atoms with Crippen LogP contribution in [0.3, 0.4) is 0 Å². The summed E-state index contributed by atoms with van der Waals surface area (Å²) in [5.74, 6) is -3.38. The van der Waals surface area contributed by atoms with Crippen LogP contribution in [-0.4, -0.2) is 67.6 Å². The first-order valence-corrected chi connectivity index (χ1v) is 13.3. The van der Waals surface area contributed by atoms with Crippen LogP contribution in [0.25, 0.3) is 11.0 Å². The molecule has 2 aliphatic heterocycles. The fraction of sp³-hybridized carbons (Fsp3) is 0.652. The minimum atomic E-state index is -3.83. The lowest BCUT2D eigenvalue weighted by atomic mass is 10.00. The molecule has 1 aromatic heterocycles. The molecule has 0 aliphatic carbocycles. The minimum absolute atomic E-state index is 0.0468. The first-order valence-electron chi connectivity index (χ1n) is 11.9. The van der Waals surface area contributed by atoms with Crippen LogP contribution in [-0.2, 0) is 32.2 Å². The number of alkyl halides is 2. The van der Waals surface area contributed by atoms with Gasteiger partial charge in [0.15, 0.2) is 5.82 Å². The highest BCUT2D eigenvalue weighted by atomic mass is 32.2. The number of fused-ring (bicyclic) bond motifs is 1. The van der Waals surface area contributed by atoms with Crippen molar-refractivity contribution >= 4 is 32.8 Å². The lowest BCUT2D eigenvalue weighted by molar-refractivity contribution is -0.119. The first-order chi connectivity index (χ1) is 16.5. The average molecular weight is 514 g/mol. The molecule has 1 amide bonds. The van der Waals surface area contributed by atoms with Gasteiger partial charge in [0.05, 0.1) is 16.7 Å². The van der Waals surface area contributed by atoms with Crippen LogP contribution in [0, 0.1) is 5.92 Å². The predicted molar refractivity (Wildman–Crippen MR) is 129 cm³/mol. The summed E-state index contributed by atoms with van der Waals surface area (Å²) in [7, 11) is -2.38. The number of rotatable bonds is 7. The molecule has 2 aromatic rings. The quantitative estimate of drug-likeness (QED) is 0.614. The third kappa shape index (κ3) is 5.59. The van der Waals surface area contributed by atoms with Gasteiger partial charge in [0.2, 0.25) is 5.91 Å². The summed E-state index contributed by atoms with van der Waals surface area (Å²) in [6.07, 6.45) is 2.65. The normalized spacial score (nSPS) is 19.2. The van der Waals surface area contributed by atoms with Crippen LogP contribution in [0.1, 0.15) is 45.4 Å². The van der Waals surface area contributed by atoms with Crippen LogP contribution in [0.15, 0.2) is 18.2 Å². The molecule has 35 heavy (non-hydrogen) atoms. The molecule has 0 saturated carbocycles. The average Bonchev–Trinajstić information content (AvgIpc) is 3.17. The fourth-order valence-electron chi connectivity index (χ4n) is 4.85. The number of imidazole rings is 1. The van der Waals surface area contributed by atoms with Gasteiger partial charge in [-0.1, -0.05) is 0 Å². The smallest absolute Gasteiger partial charge is 0.303 e. The lowest BCUT2D eigenvalue weighted by Crippen LogP contribution is -2.49. The summed E-state index contributed by atoms with van der Waals surface area (Å²) < 4.78 is 64.9. The molecule has 2 fully saturated rings. The molecule has 2 saturated heterocycles. The van der Waals surface area contributed by atoms with Gasteiger partial charge in [-0.3, -0.25) is 9.10 Å². The molecule has 0 unspecified atom stereocenters. The summed E-state index contributed by atoms with van der Waals surface area (Å²) in [6.45, 7) is 4.48. The molecule has 3 heterocycles. The van der Waals surface area contributed by atoms with Crippen molar-refractivity contribution in [3.63, 3.8) is 0 Å². The van der Waals surface area contributed by atoms with E-state index in [2.05, 4.69) is 10.3 Å². The Hall–Kier alpha value is -2.31. The second-order valence-corrected chi connectivity index (χ2v) is 11.5.